The standard InChI is InChI=1S/C55H34N2O/c1-5-21-49-41(14-1)42-15-2-6-22-50(42)56(49)38-13-9-12-36(30-38)39-18-10-20-45-48-32-35(28-29-54(48)58-55(39)45)34-26-27-37-33-47-40(46(37)31-34)19-11-25-53(47)57-51-23-7-3-16-43(51)44-17-4-8-24-52(44)57/h1-32H,33H2. The van der Waals surface area contributed by atoms with Crippen LogP contribution in [0.4, 0.5) is 0 Å². The Bertz CT molecular complexity index is 3560. The average molecular weight is 739 g/mol. The van der Waals surface area contributed by atoms with Crippen molar-refractivity contribution in [2.24, 2.45) is 0 Å². The molecule has 0 saturated heterocycles. The molecule has 0 unspecified atom stereocenters. The lowest BCUT2D eigenvalue weighted by Gasteiger charge is -2.13. The minimum absolute atomic E-state index is 0.895. The van der Waals surface area contributed by atoms with E-state index in [0.717, 1.165) is 45.2 Å². The van der Waals surface area contributed by atoms with Crippen LogP contribution < -0.4 is 0 Å². The lowest BCUT2D eigenvalue weighted by atomic mass is 9.97. The van der Waals surface area contributed by atoms with Crippen LogP contribution in [0, 0.1) is 0 Å². The second-order valence-electron chi connectivity index (χ2n) is 15.6. The molecule has 0 spiro atoms. The van der Waals surface area contributed by atoms with Crippen molar-refractivity contribution in [1.82, 2.24) is 9.13 Å². The van der Waals surface area contributed by atoms with Crippen molar-refractivity contribution < 1.29 is 4.42 Å². The van der Waals surface area contributed by atoms with Gasteiger partial charge in [0.25, 0.3) is 0 Å². The maximum Gasteiger partial charge on any atom is 0.143 e. The van der Waals surface area contributed by atoms with E-state index in [1.54, 1.807) is 0 Å². The number of para-hydroxylation sites is 5. The average Bonchev–Trinajstić information content (AvgIpc) is 4.04. The summed E-state index contributed by atoms with van der Waals surface area (Å²) in [5, 5.41) is 7.35. The molecule has 58 heavy (non-hydrogen) atoms. The topological polar surface area (TPSA) is 23.0 Å². The normalized spacial score (nSPS) is 12.4. The van der Waals surface area contributed by atoms with Gasteiger partial charge in [-0.05, 0) is 99.6 Å². The van der Waals surface area contributed by atoms with Gasteiger partial charge in [-0.25, -0.2) is 0 Å². The molecule has 1 aliphatic rings. The van der Waals surface area contributed by atoms with Gasteiger partial charge in [0, 0.05) is 50.0 Å². The molecule has 12 aromatic rings. The predicted molar refractivity (Wildman–Crippen MR) is 242 cm³/mol. The summed E-state index contributed by atoms with van der Waals surface area (Å²) in [5.74, 6) is 0. The molecule has 0 atom stereocenters. The molecule has 0 aliphatic heterocycles. The summed E-state index contributed by atoms with van der Waals surface area (Å²) in [6.45, 7) is 0. The molecule has 0 fully saturated rings. The molecule has 270 valence electrons. The second-order valence-corrected chi connectivity index (χ2v) is 15.6. The van der Waals surface area contributed by atoms with E-state index in [1.165, 1.54) is 82.7 Å². The fraction of sp³-hybridized carbons (Fsp3) is 0.0182. The Kier molecular flexibility index (Phi) is 6.50. The lowest BCUT2D eigenvalue weighted by Crippen LogP contribution is -1.98. The maximum atomic E-state index is 6.72. The minimum atomic E-state index is 0.895. The van der Waals surface area contributed by atoms with Gasteiger partial charge in [-0.15, -0.1) is 0 Å². The van der Waals surface area contributed by atoms with Crippen LogP contribution in [0.1, 0.15) is 11.1 Å². The van der Waals surface area contributed by atoms with Gasteiger partial charge in [-0.2, -0.15) is 0 Å². The summed E-state index contributed by atoms with van der Waals surface area (Å²) in [7, 11) is 0. The van der Waals surface area contributed by atoms with Gasteiger partial charge in [0.1, 0.15) is 11.2 Å². The van der Waals surface area contributed by atoms with E-state index in [0.29, 0.717) is 0 Å². The number of hydrogen-bond donors (Lipinski definition) is 0. The van der Waals surface area contributed by atoms with E-state index < -0.39 is 0 Å². The molecular formula is C55H34N2O. The Morgan fingerprint density at radius 2 is 0.931 bits per heavy atom. The predicted octanol–water partition coefficient (Wildman–Crippen LogP) is 14.7. The van der Waals surface area contributed by atoms with Crippen LogP contribution in [0.5, 0.6) is 0 Å². The Morgan fingerprint density at radius 1 is 0.362 bits per heavy atom. The van der Waals surface area contributed by atoms with Gasteiger partial charge in [0.05, 0.1) is 27.8 Å². The van der Waals surface area contributed by atoms with Crippen LogP contribution in [0.2, 0.25) is 0 Å². The Hall–Kier alpha value is -7.62. The molecule has 0 amide bonds. The molecule has 0 N–H and O–H groups in total. The first-order valence-electron chi connectivity index (χ1n) is 20.1. The van der Waals surface area contributed by atoms with E-state index >= 15 is 0 Å². The van der Waals surface area contributed by atoms with E-state index in [9.17, 15) is 0 Å². The monoisotopic (exact) mass is 738 g/mol. The van der Waals surface area contributed by atoms with Crippen molar-refractivity contribution in [3.8, 4) is 44.8 Å². The zero-order valence-corrected chi connectivity index (χ0v) is 31.5. The zero-order chi connectivity index (χ0) is 37.9. The highest BCUT2D eigenvalue weighted by Crippen LogP contribution is 2.45. The SMILES string of the molecule is c1cc(-c2cccc3c2oc2ccc(-c4ccc5c(c4)-c4cccc(-n6c7ccccc7c7ccccc76)c4C5)cc23)cc(-n2c3ccccc3c3ccccc32)c1. The largest absolute Gasteiger partial charge is 0.455 e. The number of hydrogen-bond acceptors (Lipinski definition) is 1. The van der Waals surface area contributed by atoms with Crippen molar-refractivity contribution in [3.05, 3.63) is 205 Å². The van der Waals surface area contributed by atoms with Gasteiger partial charge in [-0.1, -0.05) is 133 Å². The third-order valence-electron chi connectivity index (χ3n) is 12.6. The second kappa shape index (κ2) is 11.9. The van der Waals surface area contributed by atoms with Crippen molar-refractivity contribution in [2.75, 3.05) is 0 Å². The molecule has 3 heterocycles. The first-order valence-corrected chi connectivity index (χ1v) is 20.1. The molecule has 9 aromatic carbocycles. The number of furan rings is 1. The Morgan fingerprint density at radius 3 is 1.64 bits per heavy atom. The number of nitrogens with zero attached hydrogens (tertiary/aromatic N) is 2. The zero-order valence-electron chi connectivity index (χ0n) is 31.5. The molecule has 1 aliphatic carbocycles. The molecule has 3 heteroatoms. The minimum Gasteiger partial charge on any atom is -0.455 e. The number of fused-ring (bicyclic) bond motifs is 12. The molecule has 13 rings (SSSR count). The van der Waals surface area contributed by atoms with Crippen LogP contribution in [0.25, 0.3) is 110 Å². The van der Waals surface area contributed by atoms with Crippen LogP contribution in [0.15, 0.2) is 199 Å². The van der Waals surface area contributed by atoms with Gasteiger partial charge >= 0.3 is 0 Å². The van der Waals surface area contributed by atoms with Gasteiger partial charge < -0.3 is 13.6 Å². The van der Waals surface area contributed by atoms with E-state index in [1.807, 2.05) is 0 Å². The summed E-state index contributed by atoms with van der Waals surface area (Å²) < 4.78 is 11.6. The number of aromatic nitrogens is 2. The molecular weight excluding hydrogens is 705 g/mol. The molecule has 3 nitrogen and oxygen atoms in total. The first-order chi connectivity index (χ1) is 28.8. The van der Waals surface area contributed by atoms with E-state index in [-0.39, 0.29) is 0 Å². The third kappa shape index (κ3) is 4.44. The summed E-state index contributed by atoms with van der Waals surface area (Å²) in [6, 6.07) is 70.8. The van der Waals surface area contributed by atoms with Crippen LogP contribution in [-0.4, -0.2) is 9.13 Å². The van der Waals surface area contributed by atoms with Gasteiger partial charge in [0.15, 0.2) is 0 Å². The third-order valence-corrected chi connectivity index (χ3v) is 12.6. The first kappa shape index (κ1) is 31.6. The summed E-state index contributed by atoms with van der Waals surface area (Å²) in [4.78, 5) is 0. The fourth-order valence-electron chi connectivity index (χ4n) is 9.97. The fourth-order valence-corrected chi connectivity index (χ4v) is 9.97. The van der Waals surface area contributed by atoms with Crippen molar-refractivity contribution >= 4 is 65.6 Å². The van der Waals surface area contributed by atoms with Crippen LogP contribution in [-0.2, 0) is 6.42 Å². The van der Waals surface area contributed by atoms with Crippen molar-refractivity contribution in [1.29, 1.82) is 0 Å². The summed E-state index contributed by atoms with van der Waals surface area (Å²) >= 11 is 0. The highest BCUT2D eigenvalue weighted by atomic mass is 16.3. The molecule has 3 aromatic heterocycles. The summed E-state index contributed by atoms with van der Waals surface area (Å²) in [5.41, 5.74) is 19.1. The quantitative estimate of drug-likeness (QED) is 0.176. The van der Waals surface area contributed by atoms with Crippen LogP contribution >= 0.6 is 0 Å². The number of rotatable bonds is 4. The molecule has 0 radical (unpaired) electrons. The highest BCUT2D eigenvalue weighted by molar-refractivity contribution is 6.12. The Balaban J connectivity index is 0.904. The van der Waals surface area contributed by atoms with E-state index in [4.69, 9.17) is 4.42 Å². The molecule has 0 saturated carbocycles. The molecule has 0 bridgehead atoms. The Labute approximate surface area is 334 Å². The smallest absolute Gasteiger partial charge is 0.143 e. The van der Waals surface area contributed by atoms with Crippen LogP contribution in [0.3, 0.4) is 0 Å². The maximum absolute atomic E-state index is 6.72. The number of benzene rings is 9. The summed E-state index contributed by atoms with van der Waals surface area (Å²) in [6.07, 6.45) is 0.911. The van der Waals surface area contributed by atoms with Gasteiger partial charge in [-0.3, -0.25) is 0 Å². The van der Waals surface area contributed by atoms with Crippen molar-refractivity contribution in [3.63, 3.8) is 0 Å². The lowest BCUT2D eigenvalue weighted by molar-refractivity contribution is 0.670. The van der Waals surface area contributed by atoms with E-state index in [2.05, 4.69) is 203 Å². The van der Waals surface area contributed by atoms with Gasteiger partial charge in [0.2, 0.25) is 0 Å². The van der Waals surface area contributed by atoms with Crippen molar-refractivity contribution in [2.45, 2.75) is 6.42 Å². The highest BCUT2D eigenvalue weighted by Gasteiger charge is 2.24.